The summed E-state index contributed by atoms with van der Waals surface area (Å²) in [7, 11) is 0. The molecule has 13 heavy (non-hydrogen) atoms. The Kier molecular flexibility index (Phi) is 2.96. The molecule has 1 aliphatic rings. The highest BCUT2D eigenvalue weighted by atomic mass is 16.2. The fourth-order valence-electron chi connectivity index (χ4n) is 1.68. The molecule has 1 rings (SSSR count). The Balaban J connectivity index is 2.51. The minimum atomic E-state index is -0.145. The monoisotopic (exact) mass is 184 g/mol. The molecule has 1 amide bonds. The zero-order valence-corrected chi connectivity index (χ0v) is 8.84. The van der Waals surface area contributed by atoms with Gasteiger partial charge in [0.2, 0.25) is 5.91 Å². The van der Waals surface area contributed by atoms with Gasteiger partial charge in [-0.2, -0.15) is 0 Å². The molecule has 76 valence electrons. The van der Waals surface area contributed by atoms with Gasteiger partial charge in [0.1, 0.15) is 0 Å². The summed E-state index contributed by atoms with van der Waals surface area (Å²) >= 11 is 0. The lowest BCUT2D eigenvalue weighted by molar-refractivity contribution is -0.135. The van der Waals surface area contributed by atoms with Crippen LogP contribution in [0.2, 0.25) is 0 Å². The van der Waals surface area contributed by atoms with E-state index in [1.807, 2.05) is 18.7 Å². The molecular weight excluding hydrogens is 164 g/mol. The molecule has 1 aliphatic heterocycles. The van der Waals surface area contributed by atoms with E-state index in [1.165, 1.54) is 0 Å². The summed E-state index contributed by atoms with van der Waals surface area (Å²) in [5.41, 5.74) is 5.38. The highest BCUT2D eigenvalue weighted by Crippen LogP contribution is 2.30. The number of hydrogen-bond donors (Lipinski definition) is 1. The van der Waals surface area contributed by atoms with E-state index < -0.39 is 0 Å². The summed E-state index contributed by atoms with van der Waals surface area (Å²) < 4.78 is 0. The number of carbonyl (C=O) groups is 1. The summed E-state index contributed by atoms with van der Waals surface area (Å²) in [6.45, 7) is 8.49. The second-order valence-electron chi connectivity index (χ2n) is 4.73. The third-order valence-corrected chi connectivity index (χ3v) is 2.81. The van der Waals surface area contributed by atoms with Gasteiger partial charge in [0, 0.05) is 18.5 Å². The molecule has 0 aromatic heterocycles. The number of rotatable bonds is 3. The number of nitrogens with two attached hydrogens (primary N) is 1. The van der Waals surface area contributed by atoms with E-state index in [4.69, 9.17) is 5.73 Å². The number of amides is 1. The lowest BCUT2D eigenvalue weighted by Crippen LogP contribution is -2.35. The summed E-state index contributed by atoms with van der Waals surface area (Å²) in [5.74, 6) is 0.700. The molecule has 1 unspecified atom stereocenters. The minimum absolute atomic E-state index is 0.145. The molecule has 0 aliphatic carbocycles. The van der Waals surface area contributed by atoms with Crippen molar-refractivity contribution in [1.82, 2.24) is 4.90 Å². The van der Waals surface area contributed by atoms with E-state index in [2.05, 4.69) is 6.92 Å². The topological polar surface area (TPSA) is 46.3 Å². The van der Waals surface area contributed by atoms with E-state index >= 15 is 0 Å². The molecule has 3 heteroatoms. The van der Waals surface area contributed by atoms with Gasteiger partial charge in [0.15, 0.2) is 0 Å². The minimum Gasteiger partial charge on any atom is -0.342 e. The average molecular weight is 184 g/mol. The van der Waals surface area contributed by atoms with Crippen molar-refractivity contribution in [3.8, 4) is 0 Å². The smallest absolute Gasteiger partial charge is 0.228 e. The molecule has 2 N–H and O–H groups in total. The molecule has 1 atom stereocenters. The number of likely N-dealkylation sites (tertiary alicyclic amines) is 1. The van der Waals surface area contributed by atoms with Crippen molar-refractivity contribution in [3.63, 3.8) is 0 Å². The first-order valence-corrected chi connectivity index (χ1v) is 4.97. The van der Waals surface area contributed by atoms with Gasteiger partial charge in [-0.1, -0.05) is 20.8 Å². The largest absolute Gasteiger partial charge is 0.342 e. The molecule has 0 radical (unpaired) electrons. The van der Waals surface area contributed by atoms with Gasteiger partial charge in [0.05, 0.1) is 0 Å². The van der Waals surface area contributed by atoms with E-state index in [0.29, 0.717) is 12.5 Å². The van der Waals surface area contributed by atoms with Crippen molar-refractivity contribution in [3.05, 3.63) is 0 Å². The van der Waals surface area contributed by atoms with Gasteiger partial charge in [-0.05, 0) is 18.9 Å². The Morgan fingerprint density at radius 1 is 1.62 bits per heavy atom. The molecule has 0 aromatic rings. The van der Waals surface area contributed by atoms with Gasteiger partial charge in [0.25, 0.3) is 0 Å². The predicted octanol–water partition coefficient (Wildman–Crippen LogP) is 0.840. The van der Waals surface area contributed by atoms with E-state index in [9.17, 15) is 4.79 Å². The van der Waals surface area contributed by atoms with Gasteiger partial charge < -0.3 is 10.6 Å². The highest BCUT2D eigenvalue weighted by Gasteiger charge is 2.38. The fraction of sp³-hybridized carbons (Fsp3) is 0.900. The van der Waals surface area contributed by atoms with E-state index in [0.717, 1.165) is 19.5 Å². The molecule has 1 fully saturated rings. The summed E-state index contributed by atoms with van der Waals surface area (Å²) in [5, 5.41) is 0. The second kappa shape index (κ2) is 3.66. The van der Waals surface area contributed by atoms with Crippen molar-refractivity contribution < 1.29 is 4.79 Å². The quantitative estimate of drug-likeness (QED) is 0.706. The van der Waals surface area contributed by atoms with Crippen molar-refractivity contribution >= 4 is 5.91 Å². The molecule has 0 bridgehead atoms. The number of carbonyl (C=O) groups excluding carboxylic acids is 1. The Morgan fingerprint density at radius 2 is 2.23 bits per heavy atom. The average Bonchev–Trinajstić information content (AvgIpc) is 2.32. The van der Waals surface area contributed by atoms with Gasteiger partial charge in [-0.15, -0.1) is 0 Å². The van der Waals surface area contributed by atoms with Gasteiger partial charge in [-0.3, -0.25) is 4.79 Å². The van der Waals surface area contributed by atoms with E-state index in [1.54, 1.807) is 0 Å². The van der Waals surface area contributed by atoms with Crippen LogP contribution in [0.25, 0.3) is 0 Å². The first-order chi connectivity index (χ1) is 5.97. The van der Waals surface area contributed by atoms with Crippen LogP contribution in [0.3, 0.4) is 0 Å². The Labute approximate surface area is 80.3 Å². The Bertz CT molecular complexity index is 201. The van der Waals surface area contributed by atoms with Crippen LogP contribution < -0.4 is 5.73 Å². The van der Waals surface area contributed by atoms with Crippen LogP contribution in [0.1, 0.15) is 27.2 Å². The van der Waals surface area contributed by atoms with Crippen LogP contribution in [-0.4, -0.2) is 30.4 Å². The molecule has 0 saturated carbocycles. The van der Waals surface area contributed by atoms with Gasteiger partial charge >= 0.3 is 0 Å². The molecule has 0 spiro atoms. The summed E-state index contributed by atoms with van der Waals surface area (Å²) in [4.78, 5) is 13.7. The predicted molar refractivity (Wildman–Crippen MR) is 53.2 cm³/mol. The maximum absolute atomic E-state index is 11.8. The van der Waals surface area contributed by atoms with Crippen molar-refractivity contribution in [1.29, 1.82) is 0 Å². The Morgan fingerprint density at radius 3 is 2.62 bits per heavy atom. The molecule has 3 nitrogen and oxygen atoms in total. The number of hydrogen-bond acceptors (Lipinski definition) is 2. The molecular formula is C10H20N2O. The van der Waals surface area contributed by atoms with Gasteiger partial charge in [-0.25, -0.2) is 0 Å². The van der Waals surface area contributed by atoms with Crippen LogP contribution >= 0.6 is 0 Å². The Hall–Kier alpha value is -0.570. The van der Waals surface area contributed by atoms with E-state index in [-0.39, 0.29) is 11.3 Å². The van der Waals surface area contributed by atoms with Crippen LogP contribution in [0.15, 0.2) is 0 Å². The molecule has 0 aromatic carbocycles. The normalized spacial score (nSPS) is 23.7. The van der Waals surface area contributed by atoms with Crippen molar-refractivity contribution in [2.45, 2.75) is 27.2 Å². The first-order valence-electron chi connectivity index (χ1n) is 4.97. The third-order valence-electron chi connectivity index (χ3n) is 2.81. The number of nitrogens with zero attached hydrogens (tertiary/aromatic N) is 1. The maximum Gasteiger partial charge on any atom is 0.228 e. The zero-order valence-electron chi connectivity index (χ0n) is 8.84. The lowest BCUT2D eigenvalue weighted by atomic mass is 9.92. The highest BCUT2D eigenvalue weighted by molar-refractivity contribution is 5.83. The van der Waals surface area contributed by atoms with Crippen LogP contribution in [-0.2, 0) is 4.79 Å². The molecule has 1 saturated heterocycles. The SMILES string of the molecule is CC(CN)CN1CCC(C)(C)C1=O. The summed E-state index contributed by atoms with van der Waals surface area (Å²) in [6.07, 6.45) is 0.975. The maximum atomic E-state index is 11.8. The van der Waals surface area contributed by atoms with Crippen molar-refractivity contribution in [2.24, 2.45) is 17.1 Å². The van der Waals surface area contributed by atoms with Crippen LogP contribution in [0.5, 0.6) is 0 Å². The second-order valence-corrected chi connectivity index (χ2v) is 4.73. The third kappa shape index (κ3) is 2.21. The van der Waals surface area contributed by atoms with Crippen molar-refractivity contribution in [2.75, 3.05) is 19.6 Å². The lowest BCUT2D eigenvalue weighted by Gasteiger charge is -2.22. The standard InChI is InChI=1S/C10H20N2O/c1-8(6-11)7-12-5-4-10(2,3)9(12)13/h8H,4-7,11H2,1-3H3. The van der Waals surface area contributed by atoms with Crippen LogP contribution in [0.4, 0.5) is 0 Å². The van der Waals surface area contributed by atoms with Crippen LogP contribution in [0, 0.1) is 11.3 Å². The zero-order chi connectivity index (χ0) is 10.1. The fourth-order valence-corrected chi connectivity index (χ4v) is 1.68. The first kappa shape index (κ1) is 10.5. The summed E-state index contributed by atoms with van der Waals surface area (Å²) in [6, 6.07) is 0. The molecule has 1 heterocycles.